The van der Waals surface area contributed by atoms with Gasteiger partial charge in [0.2, 0.25) is 0 Å². The number of nitrogens with two attached hydrogens (primary N) is 1. The molecule has 1 amide bonds. The van der Waals surface area contributed by atoms with Gasteiger partial charge in [0, 0.05) is 0 Å². The zero-order valence-electron chi connectivity index (χ0n) is 8.82. The molecular weight excluding hydrogens is 218 g/mol. The van der Waals surface area contributed by atoms with Crippen LogP contribution in [0.1, 0.15) is 11.9 Å². The molecule has 1 aromatic heterocycles. The summed E-state index contributed by atoms with van der Waals surface area (Å²) in [6.45, 7) is 0. The van der Waals surface area contributed by atoms with Gasteiger partial charge in [0.05, 0.1) is 11.6 Å². The maximum absolute atomic E-state index is 11.4. The van der Waals surface area contributed by atoms with Crippen molar-refractivity contribution in [3.05, 3.63) is 47.9 Å². The lowest BCUT2D eigenvalue weighted by Crippen LogP contribution is -2.23. The minimum Gasteiger partial charge on any atom is -0.365 e. The Balaban J connectivity index is 2.23. The third kappa shape index (κ3) is 1.42. The molecule has 2 N–H and O–H groups in total. The molecule has 2 heterocycles. The first-order valence-corrected chi connectivity index (χ1v) is 5.12. The molecule has 84 valence electrons. The molecule has 6 nitrogen and oxygen atoms in total. The quantitative estimate of drug-likeness (QED) is 0.739. The highest BCUT2D eigenvalue weighted by Crippen LogP contribution is 2.31. The summed E-state index contributed by atoms with van der Waals surface area (Å²) in [5, 5.41) is 11.3. The highest BCUT2D eigenvalue weighted by Gasteiger charge is 2.28. The normalized spacial score (nSPS) is 21.1. The summed E-state index contributed by atoms with van der Waals surface area (Å²) in [4.78, 5) is 11.4. The van der Waals surface area contributed by atoms with Crippen molar-refractivity contribution in [3.63, 3.8) is 0 Å². The zero-order valence-corrected chi connectivity index (χ0v) is 8.82. The zero-order chi connectivity index (χ0) is 11.8. The van der Waals surface area contributed by atoms with Crippen LogP contribution in [-0.4, -0.2) is 26.1 Å². The summed E-state index contributed by atoms with van der Waals surface area (Å²) < 4.78 is 1.59. The van der Waals surface area contributed by atoms with Crippen molar-refractivity contribution in [3.8, 4) is 0 Å². The molecule has 1 aliphatic heterocycles. The van der Waals surface area contributed by atoms with E-state index in [-0.39, 0.29) is 6.04 Å². The van der Waals surface area contributed by atoms with E-state index in [2.05, 4.69) is 15.5 Å². The van der Waals surface area contributed by atoms with E-state index in [4.69, 9.17) is 5.73 Å². The third-order valence-electron chi connectivity index (χ3n) is 2.72. The number of primary amides is 1. The van der Waals surface area contributed by atoms with Gasteiger partial charge >= 0.3 is 0 Å². The number of rotatable bonds is 1. The number of aromatic nitrogens is 4. The minimum absolute atomic E-state index is 0.0851. The van der Waals surface area contributed by atoms with Crippen molar-refractivity contribution in [2.75, 3.05) is 0 Å². The Labute approximate surface area is 96.8 Å². The van der Waals surface area contributed by atoms with Gasteiger partial charge < -0.3 is 5.73 Å². The molecule has 0 radical (unpaired) electrons. The van der Waals surface area contributed by atoms with Crippen LogP contribution in [0.4, 0.5) is 0 Å². The molecule has 3 rings (SSSR count). The number of carbonyl (C=O) groups is 1. The molecule has 2 aliphatic rings. The third-order valence-corrected chi connectivity index (χ3v) is 2.72. The SMILES string of the molecule is NC(=O)C1=CC2=CC=CC=CC2n2nnnc21. The average molecular weight is 227 g/mol. The van der Waals surface area contributed by atoms with Crippen LogP contribution in [0.5, 0.6) is 0 Å². The summed E-state index contributed by atoms with van der Waals surface area (Å²) in [6.07, 6.45) is 11.3. The number of nitrogens with zero attached hydrogens (tertiary/aromatic N) is 4. The van der Waals surface area contributed by atoms with Gasteiger partial charge in [-0.1, -0.05) is 30.4 Å². The Morgan fingerprint density at radius 1 is 1.35 bits per heavy atom. The van der Waals surface area contributed by atoms with Gasteiger partial charge in [-0.05, 0) is 22.1 Å². The van der Waals surface area contributed by atoms with Crippen LogP contribution in [0.3, 0.4) is 0 Å². The lowest BCUT2D eigenvalue weighted by atomic mass is 9.99. The van der Waals surface area contributed by atoms with Crippen molar-refractivity contribution in [2.24, 2.45) is 5.73 Å². The second-order valence-corrected chi connectivity index (χ2v) is 3.75. The predicted octanol–water partition coefficient (Wildman–Crippen LogP) is 0.149. The highest BCUT2D eigenvalue weighted by molar-refractivity contribution is 6.18. The summed E-state index contributed by atoms with van der Waals surface area (Å²) in [5.74, 6) is -0.121. The number of fused-ring (bicyclic) bond motifs is 3. The van der Waals surface area contributed by atoms with Crippen LogP contribution >= 0.6 is 0 Å². The van der Waals surface area contributed by atoms with Crippen LogP contribution in [0.25, 0.3) is 5.57 Å². The van der Waals surface area contributed by atoms with E-state index in [0.717, 1.165) is 5.57 Å². The van der Waals surface area contributed by atoms with Gasteiger partial charge in [-0.15, -0.1) is 5.10 Å². The van der Waals surface area contributed by atoms with Gasteiger partial charge in [-0.3, -0.25) is 4.79 Å². The first kappa shape index (κ1) is 9.71. The molecule has 1 unspecified atom stereocenters. The van der Waals surface area contributed by atoms with E-state index < -0.39 is 5.91 Å². The van der Waals surface area contributed by atoms with E-state index in [1.807, 2.05) is 30.4 Å². The fraction of sp³-hybridized carbons (Fsp3) is 0.0909. The summed E-state index contributed by atoms with van der Waals surface area (Å²) in [7, 11) is 0. The highest BCUT2D eigenvalue weighted by atomic mass is 16.1. The van der Waals surface area contributed by atoms with Crippen LogP contribution in [0.2, 0.25) is 0 Å². The van der Waals surface area contributed by atoms with E-state index in [1.54, 1.807) is 10.8 Å². The molecule has 0 spiro atoms. The van der Waals surface area contributed by atoms with Gasteiger partial charge in [-0.2, -0.15) is 0 Å². The molecule has 0 saturated carbocycles. The number of hydrogen-bond donors (Lipinski definition) is 1. The van der Waals surface area contributed by atoms with Crippen molar-refractivity contribution in [2.45, 2.75) is 6.04 Å². The van der Waals surface area contributed by atoms with Gasteiger partial charge in [0.25, 0.3) is 5.91 Å². The molecule has 1 atom stereocenters. The molecule has 17 heavy (non-hydrogen) atoms. The van der Waals surface area contributed by atoms with E-state index in [1.165, 1.54) is 0 Å². The largest absolute Gasteiger partial charge is 0.365 e. The second-order valence-electron chi connectivity index (χ2n) is 3.75. The number of amides is 1. The van der Waals surface area contributed by atoms with Crippen LogP contribution in [0, 0.1) is 0 Å². The first-order valence-electron chi connectivity index (χ1n) is 5.12. The minimum atomic E-state index is -0.530. The molecule has 0 aromatic carbocycles. The maximum Gasteiger partial charge on any atom is 0.252 e. The number of tetrazole rings is 1. The van der Waals surface area contributed by atoms with Gasteiger partial charge in [0.15, 0.2) is 5.82 Å². The summed E-state index contributed by atoms with van der Waals surface area (Å²) in [5.41, 5.74) is 6.59. The fourth-order valence-electron chi connectivity index (χ4n) is 1.94. The van der Waals surface area contributed by atoms with E-state index >= 15 is 0 Å². The standard InChI is InChI=1S/C11H9N5O/c12-10(17)8-6-7-4-2-1-3-5-9(7)16-11(8)13-14-15-16/h1-6,9H,(H2,12,17). The lowest BCUT2D eigenvalue weighted by Gasteiger charge is -2.20. The number of carbonyl (C=O) groups excluding carboxylic acids is 1. The second kappa shape index (κ2) is 3.51. The Kier molecular flexibility index (Phi) is 2.01. The predicted molar refractivity (Wildman–Crippen MR) is 60.4 cm³/mol. The monoisotopic (exact) mass is 227 g/mol. The van der Waals surface area contributed by atoms with Crippen LogP contribution in [-0.2, 0) is 4.79 Å². The van der Waals surface area contributed by atoms with Crippen molar-refractivity contribution >= 4 is 11.5 Å². The molecule has 6 heteroatoms. The summed E-state index contributed by atoms with van der Waals surface area (Å²) >= 11 is 0. The van der Waals surface area contributed by atoms with E-state index in [9.17, 15) is 4.79 Å². The number of allylic oxidation sites excluding steroid dienone is 7. The Bertz CT molecular complexity index is 605. The Morgan fingerprint density at radius 3 is 3.06 bits per heavy atom. The molecular formula is C11H9N5O. The lowest BCUT2D eigenvalue weighted by molar-refractivity contribution is -0.112. The molecule has 0 fully saturated rings. The Hall–Kier alpha value is -2.50. The topological polar surface area (TPSA) is 86.7 Å². The average Bonchev–Trinajstić information content (AvgIpc) is 2.67. The number of hydrogen-bond acceptors (Lipinski definition) is 4. The van der Waals surface area contributed by atoms with Crippen LogP contribution < -0.4 is 5.73 Å². The molecule has 1 aliphatic carbocycles. The Morgan fingerprint density at radius 2 is 2.24 bits per heavy atom. The van der Waals surface area contributed by atoms with Crippen molar-refractivity contribution in [1.29, 1.82) is 0 Å². The van der Waals surface area contributed by atoms with Gasteiger partial charge in [-0.25, -0.2) is 4.68 Å². The van der Waals surface area contributed by atoms with Crippen LogP contribution in [0.15, 0.2) is 42.0 Å². The van der Waals surface area contributed by atoms with Crippen molar-refractivity contribution < 1.29 is 4.79 Å². The maximum atomic E-state index is 11.4. The fourth-order valence-corrected chi connectivity index (χ4v) is 1.94. The molecule has 0 bridgehead atoms. The first-order chi connectivity index (χ1) is 8.27. The van der Waals surface area contributed by atoms with Gasteiger partial charge in [0.1, 0.15) is 0 Å². The van der Waals surface area contributed by atoms with Crippen molar-refractivity contribution in [1.82, 2.24) is 20.2 Å². The van der Waals surface area contributed by atoms with E-state index in [0.29, 0.717) is 11.4 Å². The smallest absolute Gasteiger partial charge is 0.252 e. The molecule has 1 aromatic rings. The molecule has 0 saturated heterocycles. The summed E-state index contributed by atoms with van der Waals surface area (Å²) in [6, 6.07) is -0.0851.